The second kappa shape index (κ2) is 3.49. The number of carboxylic acids is 1. The van der Waals surface area contributed by atoms with Gasteiger partial charge in [-0.25, -0.2) is 4.79 Å². The van der Waals surface area contributed by atoms with E-state index in [2.05, 4.69) is 12.6 Å². The highest BCUT2D eigenvalue weighted by atomic mass is 32.1. The Kier molecular flexibility index (Phi) is 2.51. The van der Waals surface area contributed by atoms with Gasteiger partial charge < -0.3 is 15.1 Å². The molecule has 6 heteroatoms. The van der Waals surface area contributed by atoms with Crippen LogP contribution in [0.25, 0.3) is 0 Å². The van der Waals surface area contributed by atoms with Gasteiger partial charge in [0.2, 0.25) is 5.91 Å². The third-order valence-electron chi connectivity index (χ3n) is 3.34. The van der Waals surface area contributed by atoms with E-state index >= 15 is 0 Å². The van der Waals surface area contributed by atoms with Gasteiger partial charge in [0.25, 0.3) is 0 Å². The SMILES string of the molecule is CC1C(S)=C(C(=O)O)N2C(=O)C([C@@H](C)O)C12. The summed E-state index contributed by atoms with van der Waals surface area (Å²) >= 11 is 4.15. The molecule has 2 aliphatic rings. The first-order valence-electron chi connectivity index (χ1n) is 5.05. The maximum Gasteiger partial charge on any atom is 0.353 e. The Bertz CT molecular complexity index is 404. The van der Waals surface area contributed by atoms with Gasteiger partial charge in [0.15, 0.2) is 0 Å². The first kappa shape index (κ1) is 11.5. The minimum absolute atomic E-state index is 0.0391. The summed E-state index contributed by atoms with van der Waals surface area (Å²) in [5.74, 6) is -2.11. The van der Waals surface area contributed by atoms with Crippen LogP contribution in [0.4, 0.5) is 0 Å². The Morgan fingerprint density at radius 1 is 1.56 bits per heavy atom. The van der Waals surface area contributed by atoms with Crippen molar-refractivity contribution in [2.75, 3.05) is 0 Å². The summed E-state index contributed by atoms with van der Waals surface area (Å²) < 4.78 is 0. The Labute approximate surface area is 98.1 Å². The van der Waals surface area contributed by atoms with E-state index in [4.69, 9.17) is 5.11 Å². The number of fused-ring (bicyclic) bond motifs is 1. The van der Waals surface area contributed by atoms with E-state index in [1.165, 1.54) is 4.90 Å². The minimum Gasteiger partial charge on any atom is -0.477 e. The van der Waals surface area contributed by atoms with Crippen LogP contribution in [0.5, 0.6) is 0 Å². The number of aliphatic hydroxyl groups is 1. The lowest BCUT2D eigenvalue weighted by atomic mass is 9.79. The maximum absolute atomic E-state index is 11.7. The van der Waals surface area contributed by atoms with Gasteiger partial charge in [-0.3, -0.25) is 4.79 Å². The highest BCUT2D eigenvalue weighted by molar-refractivity contribution is 7.84. The quantitative estimate of drug-likeness (QED) is 0.474. The van der Waals surface area contributed by atoms with Gasteiger partial charge >= 0.3 is 5.97 Å². The highest BCUT2D eigenvalue weighted by Gasteiger charge is 2.59. The molecule has 0 aliphatic carbocycles. The van der Waals surface area contributed by atoms with Crippen LogP contribution in [0.1, 0.15) is 13.8 Å². The third-order valence-corrected chi connectivity index (χ3v) is 3.96. The number of hydrogen-bond donors (Lipinski definition) is 3. The smallest absolute Gasteiger partial charge is 0.353 e. The summed E-state index contributed by atoms with van der Waals surface area (Å²) in [7, 11) is 0. The number of aliphatic carboxylic acids is 1. The van der Waals surface area contributed by atoms with E-state index in [1.807, 2.05) is 6.92 Å². The lowest BCUT2D eigenvalue weighted by Crippen LogP contribution is -2.63. The molecule has 0 aromatic heterocycles. The van der Waals surface area contributed by atoms with Crippen molar-refractivity contribution in [3.05, 3.63) is 10.6 Å². The molecule has 3 unspecified atom stereocenters. The first-order chi connectivity index (χ1) is 7.37. The molecule has 2 aliphatic heterocycles. The van der Waals surface area contributed by atoms with Crippen molar-refractivity contribution in [3.63, 3.8) is 0 Å². The zero-order valence-electron chi connectivity index (χ0n) is 8.91. The van der Waals surface area contributed by atoms with Gasteiger partial charge in [-0.1, -0.05) is 6.92 Å². The molecule has 0 bridgehead atoms. The van der Waals surface area contributed by atoms with Crippen LogP contribution in [0.2, 0.25) is 0 Å². The molecule has 0 spiro atoms. The number of β-lactam (4-membered cyclic amide) rings is 1. The van der Waals surface area contributed by atoms with Gasteiger partial charge in [-0.2, -0.15) is 0 Å². The highest BCUT2D eigenvalue weighted by Crippen LogP contribution is 2.47. The van der Waals surface area contributed by atoms with Crippen LogP contribution in [0.15, 0.2) is 10.6 Å². The van der Waals surface area contributed by atoms with E-state index in [1.54, 1.807) is 6.92 Å². The van der Waals surface area contributed by atoms with Gasteiger partial charge in [-0.05, 0) is 6.92 Å². The van der Waals surface area contributed by atoms with E-state index in [0.717, 1.165) is 0 Å². The lowest BCUT2D eigenvalue weighted by molar-refractivity contribution is -0.163. The van der Waals surface area contributed by atoms with Gasteiger partial charge in [0.05, 0.1) is 18.1 Å². The summed E-state index contributed by atoms with van der Waals surface area (Å²) in [6.45, 7) is 3.36. The third kappa shape index (κ3) is 1.23. The standard InChI is InChI=1S/C10H13NO4S/c1-3-6-5(4(2)12)9(13)11(6)7(8(3)16)10(14)15/h3-6,12,16H,1-2H3,(H,14,15)/t3?,4-,5?,6?/m1/s1. The maximum atomic E-state index is 11.7. The van der Waals surface area contributed by atoms with E-state index < -0.39 is 18.0 Å². The van der Waals surface area contributed by atoms with Crippen LogP contribution in [-0.4, -0.2) is 39.1 Å². The zero-order valence-corrected chi connectivity index (χ0v) is 9.81. The molecule has 5 nitrogen and oxygen atoms in total. The molecule has 0 aromatic rings. The van der Waals surface area contributed by atoms with Gasteiger partial charge in [0, 0.05) is 10.8 Å². The number of thiol groups is 1. The van der Waals surface area contributed by atoms with Crippen molar-refractivity contribution >= 4 is 24.5 Å². The Morgan fingerprint density at radius 3 is 2.56 bits per heavy atom. The fourth-order valence-electron chi connectivity index (χ4n) is 2.53. The monoisotopic (exact) mass is 243 g/mol. The van der Waals surface area contributed by atoms with Crippen LogP contribution in [-0.2, 0) is 9.59 Å². The Hall–Kier alpha value is -1.01. The van der Waals surface area contributed by atoms with Crippen molar-refractivity contribution in [2.24, 2.45) is 11.8 Å². The van der Waals surface area contributed by atoms with Crippen LogP contribution in [0.3, 0.4) is 0 Å². The summed E-state index contributed by atoms with van der Waals surface area (Å²) in [5, 5.41) is 18.5. The van der Waals surface area contributed by atoms with Gasteiger partial charge in [-0.15, -0.1) is 12.6 Å². The lowest BCUT2D eigenvalue weighted by Gasteiger charge is -2.46. The first-order valence-corrected chi connectivity index (χ1v) is 5.50. The number of hydrogen-bond acceptors (Lipinski definition) is 4. The number of amides is 1. The average Bonchev–Trinajstić information content (AvgIpc) is 2.38. The number of aliphatic hydroxyl groups excluding tert-OH is 1. The Balaban J connectivity index is 2.36. The summed E-state index contributed by atoms with van der Waals surface area (Å²) in [6.07, 6.45) is -0.759. The normalized spacial score (nSPS) is 34.9. The number of nitrogens with zero attached hydrogens (tertiary/aromatic N) is 1. The summed E-state index contributed by atoms with van der Waals surface area (Å²) in [6, 6.07) is -0.258. The molecule has 0 aromatic carbocycles. The topological polar surface area (TPSA) is 77.8 Å². The van der Waals surface area contributed by atoms with E-state index in [-0.39, 0.29) is 23.6 Å². The predicted octanol–water partition coefficient (Wildman–Crippen LogP) is 0.0699. The zero-order chi connectivity index (χ0) is 12.2. The van der Waals surface area contributed by atoms with Crippen molar-refractivity contribution in [1.29, 1.82) is 0 Å². The van der Waals surface area contributed by atoms with E-state index in [9.17, 15) is 14.7 Å². The largest absolute Gasteiger partial charge is 0.477 e. The molecule has 1 amide bonds. The molecule has 88 valence electrons. The van der Waals surface area contributed by atoms with Crippen LogP contribution < -0.4 is 0 Å². The molecule has 2 rings (SSSR count). The molecular formula is C10H13NO4S. The molecule has 1 fully saturated rings. The molecule has 0 radical (unpaired) electrons. The van der Waals surface area contributed by atoms with Crippen molar-refractivity contribution < 1.29 is 19.8 Å². The fraction of sp³-hybridized carbons (Fsp3) is 0.600. The van der Waals surface area contributed by atoms with Crippen LogP contribution >= 0.6 is 12.6 Å². The second-order valence-electron chi connectivity index (χ2n) is 4.29. The summed E-state index contributed by atoms with van der Waals surface area (Å²) in [4.78, 5) is 24.4. The second-order valence-corrected chi connectivity index (χ2v) is 4.77. The number of carbonyl (C=O) groups is 2. The molecule has 1 saturated heterocycles. The molecule has 2 heterocycles. The predicted molar refractivity (Wildman–Crippen MR) is 58.6 cm³/mol. The molecule has 2 N–H and O–H groups in total. The van der Waals surface area contributed by atoms with Crippen molar-refractivity contribution in [3.8, 4) is 0 Å². The number of rotatable bonds is 2. The molecule has 16 heavy (non-hydrogen) atoms. The number of carbonyl (C=O) groups excluding carboxylic acids is 1. The molecule has 4 atom stereocenters. The van der Waals surface area contributed by atoms with Gasteiger partial charge in [0.1, 0.15) is 5.70 Å². The molecule has 0 saturated carbocycles. The molecular weight excluding hydrogens is 230 g/mol. The minimum atomic E-state index is -1.14. The van der Waals surface area contributed by atoms with E-state index in [0.29, 0.717) is 4.91 Å². The average molecular weight is 243 g/mol. The number of carboxylic acid groups (broad SMARTS) is 1. The van der Waals surface area contributed by atoms with Crippen molar-refractivity contribution in [2.45, 2.75) is 26.0 Å². The van der Waals surface area contributed by atoms with Crippen molar-refractivity contribution in [1.82, 2.24) is 4.90 Å². The van der Waals surface area contributed by atoms with Crippen LogP contribution in [0, 0.1) is 11.8 Å². The summed E-state index contributed by atoms with van der Waals surface area (Å²) in [5.41, 5.74) is -0.0391. The fourth-order valence-corrected chi connectivity index (χ4v) is 2.89. The Morgan fingerprint density at radius 2 is 2.12 bits per heavy atom.